The average molecular weight is 405 g/mol. The van der Waals surface area contributed by atoms with E-state index in [1.165, 1.54) is 12.1 Å². The van der Waals surface area contributed by atoms with Crippen molar-refractivity contribution in [2.75, 3.05) is 33.9 Å². The molecule has 0 saturated carbocycles. The molecule has 27 heavy (non-hydrogen) atoms. The number of nitrogens with two attached hydrogens (primary N) is 1. The van der Waals surface area contributed by atoms with Crippen LogP contribution in [0.3, 0.4) is 0 Å². The van der Waals surface area contributed by atoms with Crippen molar-refractivity contribution in [3.63, 3.8) is 0 Å². The van der Waals surface area contributed by atoms with Crippen molar-refractivity contribution >= 4 is 7.82 Å². The highest BCUT2D eigenvalue weighted by molar-refractivity contribution is 7.47. The van der Waals surface area contributed by atoms with E-state index in [-0.39, 0.29) is 30.9 Å². The molecule has 0 fully saturated rings. The maximum absolute atomic E-state index is 12.0. The molecule has 0 amide bonds. The van der Waals surface area contributed by atoms with Crippen molar-refractivity contribution in [2.45, 2.75) is 39.3 Å². The zero-order chi connectivity index (χ0) is 20.7. The van der Waals surface area contributed by atoms with Gasteiger partial charge in [0.1, 0.15) is 19.3 Å². The molecular weight excluding hydrogens is 371 g/mol. The van der Waals surface area contributed by atoms with E-state index in [2.05, 4.69) is 13.8 Å². The largest absolute Gasteiger partial charge is 0.504 e. The minimum atomic E-state index is -4.12. The van der Waals surface area contributed by atoms with E-state index in [0.29, 0.717) is 29.8 Å². The van der Waals surface area contributed by atoms with Crippen LogP contribution >= 0.6 is 7.82 Å². The van der Waals surface area contributed by atoms with Gasteiger partial charge in [-0.25, -0.2) is 4.57 Å². The first-order valence-electron chi connectivity index (χ1n) is 9.14. The first-order chi connectivity index (χ1) is 12.4. The molecule has 0 aromatic heterocycles. The molecule has 0 bridgehead atoms. The summed E-state index contributed by atoms with van der Waals surface area (Å²) < 4.78 is 22.5. The molecule has 0 heterocycles. The molecule has 0 radical (unpaired) electrons. The van der Waals surface area contributed by atoms with Gasteiger partial charge >= 0.3 is 7.82 Å². The number of aryl methyl sites for hydroxylation is 1. The van der Waals surface area contributed by atoms with Gasteiger partial charge in [-0.2, -0.15) is 0 Å². The molecule has 2 atom stereocenters. The first-order valence-corrected chi connectivity index (χ1v) is 10.6. The number of hydrogen-bond donors (Lipinski definition) is 4. The van der Waals surface area contributed by atoms with Crippen molar-refractivity contribution in [3.8, 4) is 11.5 Å². The van der Waals surface area contributed by atoms with E-state index < -0.39 is 7.82 Å². The first kappa shape index (κ1) is 23.9. The SMILES string of the molecule is CC(C)CC(N)[N+](C)(C)CCOP(=O)(O)OCCCc1ccc(O)c(O)c1. The highest BCUT2D eigenvalue weighted by Crippen LogP contribution is 2.43. The molecule has 1 aromatic carbocycles. The number of rotatable bonds is 12. The van der Waals surface area contributed by atoms with E-state index in [1.54, 1.807) is 6.07 Å². The average Bonchev–Trinajstić information content (AvgIpc) is 2.53. The Hall–Kier alpha value is -1.15. The van der Waals surface area contributed by atoms with Gasteiger partial charge in [-0.05, 0) is 36.5 Å². The summed E-state index contributed by atoms with van der Waals surface area (Å²) in [4.78, 5) is 9.77. The fourth-order valence-corrected chi connectivity index (χ4v) is 3.29. The van der Waals surface area contributed by atoms with Crippen LogP contribution in [0.15, 0.2) is 18.2 Å². The summed E-state index contributed by atoms with van der Waals surface area (Å²) in [5.74, 6) is 0.0970. The number of phosphoric ester groups is 1. The van der Waals surface area contributed by atoms with Gasteiger partial charge in [-0.15, -0.1) is 0 Å². The second-order valence-electron chi connectivity index (χ2n) is 7.76. The quantitative estimate of drug-likeness (QED) is 0.139. The second kappa shape index (κ2) is 10.4. The maximum atomic E-state index is 12.0. The van der Waals surface area contributed by atoms with Crippen LogP contribution in [0.2, 0.25) is 0 Å². The third kappa shape index (κ3) is 9.06. The molecule has 0 spiro atoms. The molecule has 2 unspecified atom stereocenters. The van der Waals surface area contributed by atoms with Gasteiger partial charge in [-0.3, -0.25) is 14.8 Å². The Morgan fingerprint density at radius 1 is 1.15 bits per heavy atom. The maximum Gasteiger partial charge on any atom is 0.472 e. The van der Waals surface area contributed by atoms with Crippen molar-refractivity contribution in [2.24, 2.45) is 11.7 Å². The van der Waals surface area contributed by atoms with Gasteiger partial charge < -0.3 is 19.6 Å². The van der Waals surface area contributed by atoms with Gasteiger partial charge in [0, 0.05) is 6.42 Å². The smallest absolute Gasteiger partial charge is 0.472 e. The predicted octanol–water partition coefficient (Wildman–Crippen LogP) is 2.57. The van der Waals surface area contributed by atoms with E-state index in [1.807, 2.05) is 14.1 Å². The Balaban J connectivity index is 2.32. The Bertz CT molecular complexity index is 638. The van der Waals surface area contributed by atoms with Crippen LogP contribution in [0.4, 0.5) is 0 Å². The van der Waals surface area contributed by atoms with Gasteiger partial charge in [0.2, 0.25) is 0 Å². The monoisotopic (exact) mass is 405 g/mol. The second-order valence-corrected chi connectivity index (χ2v) is 9.21. The number of phenols is 2. The molecule has 1 aromatic rings. The fraction of sp³-hybridized carbons (Fsp3) is 0.667. The number of likely N-dealkylation sites (N-methyl/N-ethyl adjacent to an activating group) is 1. The number of quaternary nitrogens is 1. The van der Waals surface area contributed by atoms with Crippen LogP contribution in [-0.2, 0) is 20.0 Å². The summed E-state index contributed by atoms with van der Waals surface area (Å²) in [7, 11) is -0.185. The lowest BCUT2D eigenvalue weighted by atomic mass is 10.1. The summed E-state index contributed by atoms with van der Waals surface area (Å²) in [6.07, 6.45) is 1.78. The van der Waals surface area contributed by atoms with Gasteiger partial charge in [-0.1, -0.05) is 19.9 Å². The highest BCUT2D eigenvalue weighted by atomic mass is 31.2. The van der Waals surface area contributed by atoms with Crippen LogP contribution in [0.1, 0.15) is 32.3 Å². The molecule has 1 rings (SSSR count). The summed E-state index contributed by atoms with van der Waals surface area (Å²) in [5.41, 5.74) is 6.99. The topological polar surface area (TPSA) is 122 Å². The lowest BCUT2D eigenvalue weighted by Crippen LogP contribution is -2.55. The number of phenolic OH excluding ortho intramolecular Hbond substituents is 2. The van der Waals surface area contributed by atoms with Crippen LogP contribution in [0.25, 0.3) is 0 Å². The van der Waals surface area contributed by atoms with Gasteiger partial charge in [0.15, 0.2) is 11.5 Å². The molecule has 9 heteroatoms. The number of phosphoric acid groups is 1. The van der Waals surface area contributed by atoms with E-state index in [4.69, 9.17) is 14.8 Å². The van der Waals surface area contributed by atoms with Crippen molar-refractivity contribution in [1.82, 2.24) is 0 Å². The Labute approximate surface area is 161 Å². The third-order valence-corrected chi connectivity index (χ3v) is 5.45. The summed E-state index contributed by atoms with van der Waals surface area (Å²) in [5, 5.41) is 18.7. The molecule has 0 aliphatic heterocycles. The predicted molar refractivity (Wildman–Crippen MR) is 104 cm³/mol. The zero-order valence-corrected chi connectivity index (χ0v) is 17.6. The molecule has 156 valence electrons. The standard InChI is InChI=1S/C18H33N2O6P/c1-14(2)12-18(19)20(3,4)9-11-26-27(23,24)25-10-5-6-15-7-8-16(21)17(22)13-15/h7-8,13-14,18H,5-6,9-12,19H2,1-4H3,(H2-,21,22,23,24)/p+1. The minimum Gasteiger partial charge on any atom is -0.504 e. The van der Waals surface area contributed by atoms with Crippen LogP contribution in [-0.4, -0.2) is 59.6 Å². The summed E-state index contributed by atoms with van der Waals surface area (Å²) in [6.45, 7) is 4.81. The Kier molecular flexibility index (Phi) is 9.21. The lowest BCUT2D eigenvalue weighted by molar-refractivity contribution is -0.915. The number of nitrogens with zero attached hydrogens (tertiary/aromatic N) is 1. The van der Waals surface area contributed by atoms with Crippen LogP contribution < -0.4 is 5.73 Å². The number of aromatic hydroxyl groups is 2. The fourth-order valence-electron chi connectivity index (χ4n) is 2.54. The Morgan fingerprint density at radius 3 is 2.37 bits per heavy atom. The van der Waals surface area contributed by atoms with Crippen LogP contribution in [0, 0.1) is 5.92 Å². The summed E-state index contributed by atoms with van der Waals surface area (Å²) in [6, 6.07) is 4.52. The van der Waals surface area contributed by atoms with Crippen molar-refractivity contribution in [3.05, 3.63) is 23.8 Å². The molecule has 8 nitrogen and oxygen atoms in total. The zero-order valence-electron chi connectivity index (χ0n) is 16.7. The molecule has 0 aliphatic rings. The number of benzene rings is 1. The summed E-state index contributed by atoms with van der Waals surface area (Å²) >= 11 is 0. The van der Waals surface area contributed by atoms with Crippen molar-refractivity contribution < 1.29 is 33.2 Å². The number of hydrogen-bond acceptors (Lipinski definition) is 6. The molecule has 5 N–H and O–H groups in total. The third-order valence-electron chi connectivity index (χ3n) is 4.44. The van der Waals surface area contributed by atoms with Crippen molar-refractivity contribution in [1.29, 1.82) is 0 Å². The van der Waals surface area contributed by atoms with E-state index >= 15 is 0 Å². The Morgan fingerprint density at radius 2 is 1.78 bits per heavy atom. The molecule has 0 saturated heterocycles. The van der Waals surface area contributed by atoms with E-state index in [0.717, 1.165) is 12.0 Å². The van der Waals surface area contributed by atoms with Crippen LogP contribution in [0.5, 0.6) is 11.5 Å². The molecule has 0 aliphatic carbocycles. The normalized spacial score (nSPS) is 15.7. The van der Waals surface area contributed by atoms with E-state index in [9.17, 15) is 19.7 Å². The minimum absolute atomic E-state index is 0.0422. The molecular formula is C18H34N2O6P+. The lowest BCUT2D eigenvalue weighted by Gasteiger charge is -2.36. The van der Waals surface area contributed by atoms with Gasteiger partial charge in [0.05, 0.1) is 20.7 Å². The van der Waals surface area contributed by atoms with Gasteiger partial charge in [0.25, 0.3) is 0 Å². The highest BCUT2D eigenvalue weighted by Gasteiger charge is 2.28.